The molecule has 1 heterocycles. The summed E-state index contributed by atoms with van der Waals surface area (Å²) in [6.45, 7) is 2.82. The molecule has 0 bridgehead atoms. The van der Waals surface area contributed by atoms with E-state index in [0.717, 1.165) is 19.4 Å². The van der Waals surface area contributed by atoms with Gasteiger partial charge in [-0.15, -0.1) is 11.6 Å². The Morgan fingerprint density at radius 2 is 2.07 bits per heavy atom. The van der Waals surface area contributed by atoms with Crippen molar-refractivity contribution in [3.8, 4) is 0 Å². The molecule has 5 heteroatoms. The summed E-state index contributed by atoms with van der Waals surface area (Å²) in [6, 6.07) is 0. The Bertz CT molecular complexity index is 261. The molecule has 78 valence electrons. The molecule has 0 aliphatic heterocycles. The number of anilines is 1. The average Bonchev–Trinajstić information content (AvgIpc) is 2.15. The first-order valence-electron chi connectivity index (χ1n) is 4.54. The van der Waals surface area contributed by atoms with Gasteiger partial charge in [-0.3, -0.25) is 0 Å². The van der Waals surface area contributed by atoms with Gasteiger partial charge in [-0.05, 0) is 19.8 Å². The molecule has 1 atom stereocenters. The molecule has 0 aromatic carbocycles. The molecule has 1 aromatic rings. The average molecular weight is 234 g/mol. The summed E-state index contributed by atoms with van der Waals surface area (Å²) < 4.78 is 0. The van der Waals surface area contributed by atoms with Gasteiger partial charge in [-0.2, -0.15) is 0 Å². The molecular formula is C9H13Cl2N3. The Morgan fingerprint density at radius 3 is 2.64 bits per heavy atom. The van der Waals surface area contributed by atoms with E-state index in [1.54, 1.807) is 12.4 Å². The number of nitrogens with one attached hydrogen (secondary N) is 1. The van der Waals surface area contributed by atoms with Crippen LogP contribution in [-0.4, -0.2) is 21.9 Å². The number of halogens is 2. The zero-order valence-corrected chi connectivity index (χ0v) is 9.52. The summed E-state index contributed by atoms with van der Waals surface area (Å²) in [5.41, 5.74) is 0. The first-order chi connectivity index (χ1) is 6.68. The highest BCUT2D eigenvalue weighted by atomic mass is 35.5. The fourth-order valence-electron chi connectivity index (χ4n) is 0.987. The SMILES string of the molecule is CC(Cl)CCCNc1ncc(Cl)cn1. The van der Waals surface area contributed by atoms with E-state index in [1.165, 1.54) is 0 Å². The van der Waals surface area contributed by atoms with Crippen LogP contribution in [0.2, 0.25) is 5.02 Å². The van der Waals surface area contributed by atoms with Crippen LogP contribution in [0.15, 0.2) is 12.4 Å². The number of hydrogen-bond acceptors (Lipinski definition) is 3. The second-order valence-corrected chi connectivity index (χ2v) is 4.26. The second-order valence-electron chi connectivity index (χ2n) is 3.07. The summed E-state index contributed by atoms with van der Waals surface area (Å²) in [4.78, 5) is 8.02. The van der Waals surface area contributed by atoms with E-state index in [1.807, 2.05) is 6.92 Å². The van der Waals surface area contributed by atoms with Crippen molar-refractivity contribution in [1.82, 2.24) is 9.97 Å². The van der Waals surface area contributed by atoms with E-state index in [0.29, 0.717) is 11.0 Å². The Labute approximate surface area is 93.9 Å². The van der Waals surface area contributed by atoms with E-state index >= 15 is 0 Å². The van der Waals surface area contributed by atoms with Crippen molar-refractivity contribution >= 4 is 29.2 Å². The predicted octanol–water partition coefficient (Wildman–Crippen LogP) is 2.95. The summed E-state index contributed by atoms with van der Waals surface area (Å²) in [5, 5.41) is 3.86. The van der Waals surface area contributed by atoms with Gasteiger partial charge in [-0.25, -0.2) is 9.97 Å². The largest absolute Gasteiger partial charge is 0.354 e. The molecule has 1 N–H and O–H groups in total. The lowest BCUT2D eigenvalue weighted by Crippen LogP contribution is -2.06. The molecule has 14 heavy (non-hydrogen) atoms. The van der Waals surface area contributed by atoms with Crippen LogP contribution in [0, 0.1) is 0 Å². The highest BCUT2D eigenvalue weighted by Gasteiger charge is 1.97. The van der Waals surface area contributed by atoms with Gasteiger partial charge in [0.05, 0.1) is 17.4 Å². The van der Waals surface area contributed by atoms with Crippen molar-refractivity contribution in [3.63, 3.8) is 0 Å². The molecule has 0 radical (unpaired) electrons. The lowest BCUT2D eigenvalue weighted by molar-refractivity contribution is 0.747. The molecule has 0 fully saturated rings. The van der Waals surface area contributed by atoms with Gasteiger partial charge in [0, 0.05) is 11.9 Å². The Kier molecular flexibility index (Phi) is 4.98. The third-order valence-electron chi connectivity index (χ3n) is 1.68. The van der Waals surface area contributed by atoms with Crippen LogP contribution in [0.3, 0.4) is 0 Å². The van der Waals surface area contributed by atoms with Crippen molar-refractivity contribution in [3.05, 3.63) is 17.4 Å². The van der Waals surface area contributed by atoms with Crippen molar-refractivity contribution in [2.45, 2.75) is 25.1 Å². The van der Waals surface area contributed by atoms with Crippen LogP contribution < -0.4 is 5.32 Å². The maximum Gasteiger partial charge on any atom is 0.222 e. The standard InChI is InChI=1S/C9H13Cl2N3/c1-7(10)3-2-4-12-9-13-5-8(11)6-14-9/h5-7H,2-4H2,1H3,(H,12,13,14). The van der Waals surface area contributed by atoms with Crippen molar-refractivity contribution in [2.24, 2.45) is 0 Å². The molecule has 1 rings (SSSR count). The van der Waals surface area contributed by atoms with E-state index in [9.17, 15) is 0 Å². The highest BCUT2D eigenvalue weighted by Crippen LogP contribution is 2.07. The minimum absolute atomic E-state index is 0.225. The van der Waals surface area contributed by atoms with Crippen LogP contribution in [0.25, 0.3) is 0 Å². The van der Waals surface area contributed by atoms with Crippen molar-refractivity contribution in [1.29, 1.82) is 0 Å². The number of aromatic nitrogens is 2. The summed E-state index contributed by atoms with van der Waals surface area (Å²) in [7, 11) is 0. The molecule has 1 unspecified atom stereocenters. The lowest BCUT2D eigenvalue weighted by Gasteiger charge is -2.04. The minimum atomic E-state index is 0.225. The topological polar surface area (TPSA) is 37.8 Å². The van der Waals surface area contributed by atoms with Crippen LogP contribution in [0.4, 0.5) is 5.95 Å². The Hall–Kier alpha value is -0.540. The van der Waals surface area contributed by atoms with Gasteiger partial charge < -0.3 is 5.32 Å². The van der Waals surface area contributed by atoms with Crippen molar-refractivity contribution in [2.75, 3.05) is 11.9 Å². The molecule has 3 nitrogen and oxygen atoms in total. The van der Waals surface area contributed by atoms with Gasteiger partial charge in [0.25, 0.3) is 0 Å². The van der Waals surface area contributed by atoms with Gasteiger partial charge in [0.1, 0.15) is 0 Å². The Balaban J connectivity index is 2.21. The van der Waals surface area contributed by atoms with Gasteiger partial charge in [0.2, 0.25) is 5.95 Å². The molecule has 0 spiro atoms. The zero-order chi connectivity index (χ0) is 10.4. The van der Waals surface area contributed by atoms with Crippen molar-refractivity contribution < 1.29 is 0 Å². The third kappa shape index (κ3) is 4.63. The van der Waals surface area contributed by atoms with E-state index in [4.69, 9.17) is 23.2 Å². The minimum Gasteiger partial charge on any atom is -0.354 e. The molecule has 1 aromatic heterocycles. The molecule has 0 aliphatic carbocycles. The zero-order valence-electron chi connectivity index (χ0n) is 8.00. The smallest absolute Gasteiger partial charge is 0.222 e. The van der Waals surface area contributed by atoms with E-state index < -0.39 is 0 Å². The van der Waals surface area contributed by atoms with E-state index in [-0.39, 0.29) is 5.38 Å². The monoisotopic (exact) mass is 233 g/mol. The summed E-state index contributed by atoms with van der Waals surface area (Å²) in [5.74, 6) is 0.608. The maximum atomic E-state index is 5.80. The van der Waals surface area contributed by atoms with Gasteiger partial charge in [-0.1, -0.05) is 11.6 Å². The number of alkyl halides is 1. The normalized spacial score (nSPS) is 12.5. The molecular weight excluding hydrogens is 221 g/mol. The molecule has 0 saturated carbocycles. The first kappa shape index (κ1) is 11.5. The fourth-order valence-corrected chi connectivity index (χ4v) is 1.24. The van der Waals surface area contributed by atoms with Crippen LogP contribution in [0.1, 0.15) is 19.8 Å². The summed E-state index contributed by atoms with van der Waals surface area (Å²) in [6.07, 6.45) is 5.14. The molecule has 0 aliphatic rings. The predicted molar refractivity (Wildman–Crippen MR) is 60.1 cm³/mol. The fraction of sp³-hybridized carbons (Fsp3) is 0.556. The Morgan fingerprint density at radius 1 is 1.43 bits per heavy atom. The number of rotatable bonds is 5. The summed E-state index contributed by atoms with van der Waals surface area (Å²) >= 11 is 11.4. The number of hydrogen-bond donors (Lipinski definition) is 1. The van der Waals surface area contributed by atoms with Crippen LogP contribution in [0.5, 0.6) is 0 Å². The van der Waals surface area contributed by atoms with Crippen LogP contribution in [-0.2, 0) is 0 Å². The first-order valence-corrected chi connectivity index (χ1v) is 5.35. The van der Waals surface area contributed by atoms with Gasteiger partial charge >= 0.3 is 0 Å². The maximum absolute atomic E-state index is 5.80. The molecule has 0 amide bonds. The number of nitrogens with zero attached hydrogens (tertiary/aromatic N) is 2. The lowest BCUT2D eigenvalue weighted by atomic mass is 10.2. The van der Waals surface area contributed by atoms with Gasteiger partial charge in [0.15, 0.2) is 0 Å². The van der Waals surface area contributed by atoms with E-state index in [2.05, 4.69) is 15.3 Å². The third-order valence-corrected chi connectivity index (χ3v) is 2.10. The van der Waals surface area contributed by atoms with Crippen LogP contribution >= 0.6 is 23.2 Å². The highest BCUT2D eigenvalue weighted by molar-refractivity contribution is 6.30. The second kappa shape index (κ2) is 6.04. The quantitative estimate of drug-likeness (QED) is 0.628. The molecule has 0 saturated heterocycles.